The summed E-state index contributed by atoms with van der Waals surface area (Å²) in [5, 5.41) is 3.15. The third-order valence-corrected chi connectivity index (χ3v) is 5.33. The van der Waals surface area contributed by atoms with Crippen LogP contribution in [0.2, 0.25) is 0 Å². The summed E-state index contributed by atoms with van der Waals surface area (Å²) in [7, 11) is 0. The zero-order chi connectivity index (χ0) is 18.2. The van der Waals surface area contributed by atoms with Gasteiger partial charge in [-0.3, -0.25) is 14.5 Å². The molecule has 2 saturated heterocycles. The molecule has 1 spiro atoms. The fraction of sp³-hybridized carbons (Fsp3) is 0.579. The van der Waals surface area contributed by atoms with Crippen LogP contribution >= 0.6 is 0 Å². The Bertz CT molecular complexity index is 691. The summed E-state index contributed by atoms with van der Waals surface area (Å²) in [6.07, 6.45) is 1.21. The second-order valence-electron chi connectivity index (χ2n) is 7.58. The Morgan fingerprint density at radius 1 is 1.28 bits per heavy atom. The smallest absolute Gasteiger partial charge is 0.254 e. The van der Waals surface area contributed by atoms with E-state index in [0.29, 0.717) is 36.7 Å². The fourth-order valence-electron chi connectivity index (χ4n) is 3.74. The number of nitrogens with one attached hydrogen (secondary N) is 1. The van der Waals surface area contributed by atoms with Crippen molar-refractivity contribution in [3.8, 4) is 0 Å². The summed E-state index contributed by atoms with van der Waals surface area (Å²) in [5.41, 5.74) is 0.482. The summed E-state index contributed by atoms with van der Waals surface area (Å²) in [5.74, 6) is -0.502. The molecule has 1 aromatic carbocycles. The molecular weight excluding hydrogens is 321 g/mol. The first-order valence-corrected chi connectivity index (χ1v) is 8.90. The molecule has 0 aromatic heterocycles. The van der Waals surface area contributed by atoms with Crippen molar-refractivity contribution >= 4 is 11.8 Å². The van der Waals surface area contributed by atoms with Crippen molar-refractivity contribution in [2.45, 2.75) is 45.2 Å². The van der Waals surface area contributed by atoms with Crippen molar-refractivity contribution in [2.24, 2.45) is 0 Å². The van der Waals surface area contributed by atoms with Gasteiger partial charge >= 0.3 is 0 Å². The number of likely N-dealkylation sites (tertiary alicyclic amines) is 1. The first-order valence-electron chi connectivity index (χ1n) is 8.90. The number of carbonyl (C=O) groups is 2. The lowest BCUT2D eigenvalue weighted by atomic mass is 9.97. The van der Waals surface area contributed by atoms with E-state index < -0.39 is 5.54 Å². The number of hydrogen-bond donors (Lipinski definition) is 1. The van der Waals surface area contributed by atoms with Crippen LogP contribution < -0.4 is 5.32 Å². The minimum absolute atomic E-state index is 0.0406. The molecule has 0 saturated carbocycles. The van der Waals surface area contributed by atoms with Crippen LogP contribution in [0.1, 0.15) is 42.6 Å². The molecule has 1 N–H and O–H groups in total. The van der Waals surface area contributed by atoms with Crippen LogP contribution in [0.3, 0.4) is 0 Å². The van der Waals surface area contributed by atoms with Gasteiger partial charge in [0.05, 0.1) is 5.54 Å². The van der Waals surface area contributed by atoms with E-state index in [1.54, 1.807) is 24.0 Å². The normalized spacial score (nSPS) is 24.7. The van der Waals surface area contributed by atoms with Gasteiger partial charge in [0.2, 0.25) is 5.91 Å². The zero-order valence-corrected chi connectivity index (χ0v) is 15.1. The van der Waals surface area contributed by atoms with Crippen LogP contribution in [0.15, 0.2) is 18.2 Å². The van der Waals surface area contributed by atoms with Gasteiger partial charge in [-0.2, -0.15) is 0 Å². The van der Waals surface area contributed by atoms with Gasteiger partial charge in [-0.1, -0.05) is 6.07 Å². The molecule has 2 aliphatic rings. The topological polar surface area (TPSA) is 52.7 Å². The van der Waals surface area contributed by atoms with Gasteiger partial charge < -0.3 is 10.2 Å². The highest BCUT2D eigenvalue weighted by Crippen LogP contribution is 2.27. The summed E-state index contributed by atoms with van der Waals surface area (Å²) < 4.78 is 13.8. The van der Waals surface area contributed by atoms with Gasteiger partial charge in [0.1, 0.15) is 5.82 Å². The second kappa shape index (κ2) is 6.75. The van der Waals surface area contributed by atoms with Crippen molar-refractivity contribution in [3.63, 3.8) is 0 Å². The molecule has 5 nitrogen and oxygen atoms in total. The maximum Gasteiger partial charge on any atom is 0.254 e. The van der Waals surface area contributed by atoms with Gasteiger partial charge in [-0.15, -0.1) is 0 Å². The first kappa shape index (κ1) is 17.9. The fourth-order valence-corrected chi connectivity index (χ4v) is 3.74. The SMILES string of the molecule is Cc1ccc(C(=O)N2CCC3(C2)CN(C(C)C)CCC(=O)N3)cc1F. The van der Waals surface area contributed by atoms with Crippen molar-refractivity contribution in [1.29, 1.82) is 0 Å². The van der Waals surface area contributed by atoms with Crippen molar-refractivity contribution in [3.05, 3.63) is 35.1 Å². The highest BCUT2D eigenvalue weighted by Gasteiger charge is 2.44. The molecular formula is C19H26FN3O2. The minimum Gasteiger partial charge on any atom is -0.347 e. The van der Waals surface area contributed by atoms with E-state index in [4.69, 9.17) is 0 Å². The predicted molar refractivity (Wildman–Crippen MR) is 93.9 cm³/mol. The number of nitrogens with zero attached hydrogens (tertiary/aromatic N) is 2. The average Bonchev–Trinajstić information content (AvgIpc) is 2.88. The number of carbonyl (C=O) groups excluding carboxylic acids is 2. The van der Waals surface area contributed by atoms with Crippen molar-refractivity contribution in [2.75, 3.05) is 26.2 Å². The predicted octanol–water partition coefficient (Wildman–Crippen LogP) is 1.95. The maximum absolute atomic E-state index is 13.8. The van der Waals surface area contributed by atoms with Crippen LogP contribution in [-0.4, -0.2) is 59.4 Å². The molecule has 2 fully saturated rings. The lowest BCUT2D eigenvalue weighted by Gasteiger charge is -2.35. The average molecular weight is 347 g/mol. The molecule has 25 heavy (non-hydrogen) atoms. The van der Waals surface area contributed by atoms with Gasteiger partial charge in [-0.25, -0.2) is 4.39 Å². The summed E-state index contributed by atoms with van der Waals surface area (Å²) >= 11 is 0. The number of halogens is 1. The number of rotatable bonds is 2. The third-order valence-electron chi connectivity index (χ3n) is 5.33. The quantitative estimate of drug-likeness (QED) is 0.890. The van der Waals surface area contributed by atoms with Crippen molar-refractivity contribution in [1.82, 2.24) is 15.1 Å². The Morgan fingerprint density at radius 2 is 2.04 bits per heavy atom. The first-order chi connectivity index (χ1) is 11.8. The Kier molecular flexibility index (Phi) is 4.82. The summed E-state index contributed by atoms with van der Waals surface area (Å²) in [6, 6.07) is 4.94. The highest BCUT2D eigenvalue weighted by molar-refractivity contribution is 5.94. The van der Waals surface area contributed by atoms with E-state index in [1.807, 2.05) is 0 Å². The van der Waals surface area contributed by atoms with E-state index in [2.05, 4.69) is 24.1 Å². The van der Waals surface area contributed by atoms with Crippen LogP contribution in [0.4, 0.5) is 4.39 Å². The van der Waals surface area contributed by atoms with Crippen LogP contribution in [-0.2, 0) is 4.79 Å². The number of amides is 2. The molecule has 0 bridgehead atoms. The second-order valence-corrected chi connectivity index (χ2v) is 7.58. The lowest BCUT2D eigenvalue weighted by Crippen LogP contribution is -2.55. The lowest BCUT2D eigenvalue weighted by molar-refractivity contribution is -0.122. The number of hydrogen-bond acceptors (Lipinski definition) is 3. The molecule has 0 aliphatic carbocycles. The van der Waals surface area contributed by atoms with Crippen LogP contribution in [0, 0.1) is 12.7 Å². The molecule has 1 atom stereocenters. The monoisotopic (exact) mass is 347 g/mol. The van der Waals surface area contributed by atoms with Crippen LogP contribution in [0.25, 0.3) is 0 Å². The van der Waals surface area contributed by atoms with Crippen molar-refractivity contribution < 1.29 is 14.0 Å². The minimum atomic E-state index is -0.406. The number of aryl methyl sites for hydroxylation is 1. The van der Waals surface area contributed by atoms with E-state index in [0.717, 1.165) is 19.5 Å². The van der Waals surface area contributed by atoms with E-state index in [1.165, 1.54) is 6.07 Å². The molecule has 1 aromatic rings. The molecule has 136 valence electrons. The Balaban J connectivity index is 1.77. The van der Waals surface area contributed by atoms with Gasteiger partial charge in [0, 0.05) is 44.2 Å². The highest BCUT2D eigenvalue weighted by atomic mass is 19.1. The summed E-state index contributed by atoms with van der Waals surface area (Å²) in [6.45, 7) is 8.44. The third kappa shape index (κ3) is 3.68. The molecule has 3 rings (SSSR count). The molecule has 2 amide bonds. The van der Waals surface area contributed by atoms with E-state index >= 15 is 0 Å². The Hall–Kier alpha value is -1.95. The van der Waals surface area contributed by atoms with Gasteiger partial charge in [0.15, 0.2) is 0 Å². The molecule has 2 heterocycles. The van der Waals surface area contributed by atoms with Gasteiger partial charge in [0.25, 0.3) is 5.91 Å². The Morgan fingerprint density at radius 3 is 2.72 bits per heavy atom. The molecule has 6 heteroatoms. The standard InChI is InChI=1S/C19H26FN3O2/c1-13(2)22-8-6-17(24)21-19(11-22)7-9-23(12-19)18(25)15-5-4-14(3)16(20)10-15/h4-5,10,13H,6-9,11-12H2,1-3H3,(H,21,24). The van der Waals surface area contributed by atoms with Gasteiger partial charge in [-0.05, 0) is 44.9 Å². The Labute approximate surface area is 148 Å². The largest absolute Gasteiger partial charge is 0.347 e. The number of benzene rings is 1. The zero-order valence-electron chi connectivity index (χ0n) is 15.1. The van der Waals surface area contributed by atoms with E-state index in [9.17, 15) is 14.0 Å². The summed E-state index contributed by atoms with van der Waals surface area (Å²) in [4.78, 5) is 28.9. The maximum atomic E-state index is 13.8. The van der Waals surface area contributed by atoms with E-state index in [-0.39, 0.29) is 17.6 Å². The van der Waals surface area contributed by atoms with Crippen LogP contribution in [0.5, 0.6) is 0 Å². The molecule has 2 aliphatic heterocycles. The molecule has 0 radical (unpaired) electrons. The molecule has 1 unspecified atom stereocenters.